The molecule has 23 heavy (non-hydrogen) atoms. The van der Waals surface area contributed by atoms with Crippen LogP contribution in [-0.2, 0) is 16.1 Å². The Morgan fingerprint density at radius 2 is 2.26 bits per heavy atom. The number of nitrogens with zero attached hydrogens (tertiary/aromatic N) is 2. The van der Waals surface area contributed by atoms with E-state index >= 15 is 0 Å². The Labute approximate surface area is 136 Å². The number of rotatable bonds is 5. The number of hydrogen-bond donors (Lipinski definition) is 1. The van der Waals surface area contributed by atoms with Crippen molar-refractivity contribution in [1.82, 2.24) is 9.80 Å². The van der Waals surface area contributed by atoms with Crippen LogP contribution in [0.3, 0.4) is 0 Å². The van der Waals surface area contributed by atoms with Gasteiger partial charge in [0, 0.05) is 32.2 Å². The van der Waals surface area contributed by atoms with Gasteiger partial charge in [-0.3, -0.25) is 9.59 Å². The molecule has 2 aliphatic rings. The Hall–Kier alpha value is -1.82. The molecular formula is C17H24N2O4. The topological polar surface area (TPSA) is 74.0 Å². The molecule has 2 aliphatic heterocycles. The van der Waals surface area contributed by atoms with Gasteiger partial charge in [-0.25, -0.2) is 0 Å². The van der Waals surface area contributed by atoms with Gasteiger partial charge in [-0.05, 0) is 37.8 Å². The van der Waals surface area contributed by atoms with Crippen molar-refractivity contribution in [3.05, 3.63) is 24.2 Å². The Morgan fingerprint density at radius 1 is 1.39 bits per heavy atom. The van der Waals surface area contributed by atoms with E-state index in [9.17, 15) is 14.7 Å². The molecule has 6 heteroatoms. The minimum Gasteiger partial charge on any atom is -0.467 e. The van der Waals surface area contributed by atoms with Gasteiger partial charge in [-0.15, -0.1) is 0 Å². The molecule has 0 saturated carbocycles. The molecule has 1 aromatic rings. The van der Waals surface area contributed by atoms with Gasteiger partial charge in [-0.2, -0.15) is 0 Å². The molecule has 2 fully saturated rings. The van der Waals surface area contributed by atoms with E-state index in [1.54, 1.807) is 17.2 Å². The highest BCUT2D eigenvalue weighted by molar-refractivity contribution is 5.89. The van der Waals surface area contributed by atoms with Crippen LogP contribution in [0.5, 0.6) is 0 Å². The van der Waals surface area contributed by atoms with Crippen LogP contribution in [0.15, 0.2) is 22.8 Å². The first kappa shape index (κ1) is 16.1. The van der Waals surface area contributed by atoms with Crippen LogP contribution < -0.4 is 0 Å². The number of piperidine rings is 1. The zero-order valence-corrected chi connectivity index (χ0v) is 13.3. The smallest absolute Gasteiger partial charge is 0.228 e. The average Bonchev–Trinajstić information content (AvgIpc) is 3.18. The first-order chi connectivity index (χ1) is 11.2. The number of carbonyl (C=O) groups excluding carboxylic acids is 2. The maximum absolute atomic E-state index is 12.8. The Balaban J connectivity index is 1.62. The number of furan rings is 1. The molecule has 0 radical (unpaired) electrons. The second-order valence-electron chi connectivity index (χ2n) is 6.45. The van der Waals surface area contributed by atoms with E-state index in [0.29, 0.717) is 19.5 Å². The van der Waals surface area contributed by atoms with Gasteiger partial charge < -0.3 is 19.3 Å². The standard InChI is InChI=1S/C17H24N2O4/c20-8-6-14-4-1-2-7-19(14)17(22)13-10-16(21)18(11-13)12-15-5-3-9-23-15/h3,5,9,13-14,20H,1-2,4,6-8,10-12H2. The normalized spacial score (nSPS) is 25.2. The second-order valence-corrected chi connectivity index (χ2v) is 6.45. The summed E-state index contributed by atoms with van der Waals surface area (Å²) >= 11 is 0. The number of hydrogen-bond acceptors (Lipinski definition) is 4. The first-order valence-corrected chi connectivity index (χ1v) is 8.40. The summed E-state index contributed by atoms with van der Waals surface area (Å²) in [6.07, 6.45) is 5.55. The Morgan fingerprint density at radius 3 is 3.00 bits per heavy atom. The van der Waals surface area contributed by atoms with Crippen LogP contribution in [0.4, 0.5) is 0 Å². The van der Waals surface area contributed by atoms with Crippen molar-refractivity contribution in [2.75, 3.05) is 19.7 Å². The predicted octanol–water partition coefficient (Wildman–Crippen LogP) is 1.39. The van der Waals surface area contributed by atoms with Crippen molar-refractivity contribution < 1.29 is 19.1 Å². The summed E-state index contributed by atoms with van der Waals surface area (Å²) in [7, 11) is 0. The minimum atomic E-state index is -0.267. The summed E-state index contributed by atoms with van der Waals surface area (Å²) in [5.41, 5.74) is 0. The minimum absolute atomic E-state index is 0.00969. The Bertz CT molecular complexity index is 541. The van der Waals surface area contributed by atoms with Crippen LogP contribution in [0.25, 0.3) is 0 Å². The fourth-order valence-electron chi connectivity index (χ4n) is 3.66. The quantitative estimate of drug-likeness (QED) is 0.890. The lowest BCUT2D eigenvalue weighted by Crippen LogP contribution is -2.47. The molecule has 3 heterocycles. The van der Waals surface area contributed by atoms with Crippen molar-refractivity contribution in [3.8, 4) is 0 Å². The van der Waals surface area contributed by atoms with Crippen LogP contribution in [-0.4, -0.2) is 52.5 Å². The SMILES string of the molecule is O=C1CC(C(=O)N2CCCCC2CCO)CN1Cc1ccco1. The molecule has 2 amide bonds. The van der Waals surface area contributed by atoms with E-state index < -0.39 is 0 Å². The highest BCUT2D eigenvalue weighted by Gasteiger charge is 2.39. The van der Waals surface area contributed by atoms with Gasteiger partial charge in [0.25, 0.3) is 0 Å². The fraction of sp³-hybridized carbons (Fsp3) is 0.647. The number of likely N-dealkylation sites (tertiary alicyclic amines) is 2. The largest absolute Gasteiger partial charge is 0.467 e. The summed E-state index contributed by atoms with van der Waals surface area (Å²) < 4.78 is 5.29. The number of aliphatic hydroxyl groups excluding tert-OH is 1. The molecule has 1 aromatic heterocycles. The Kier molecular flexibility index (Phi) is 5.00. The van der Waals surface area contributed by atoms with Crippen molar-refractivity contribution in [1.29, 1.82) is 0 Å². The highest BCUT2D eigenvalue weighted by atomic mass is 16.3. The van der Waals surface area contributed by atoms with Gasteiger partial charge in [0.05, 0.1) is 18.7 Å². The van der Waals surface area contributed by atoms with Gasteiger partial charge in [0.1, 0.15) is 5.76 Å². The summed E-state index contributed by atoms with van der Waals surface area (Å²) in [6.45, 7) is 1.73. The van der Waals surface area contributed by atoms with Crippen LogP contribution in [0, 0.1) is 5.92 Å². The van der Waals surface area contributed by atoms with Crippen molar-refractivity contribution >= 4 is 11.8 Å². The highest BCUT2D eigenvalue weighted by Crippen LogP contribution is 2.27. The van der Waals surface area contributed by atoms with Gasteiger partial charge in [0.15, 0.2) is 0 Å². The molecule has 2 saturated heterocycles. The number of carbonyl (C=O) groups is 2. The van der Waals surface area contributed by atoms with E-state index in [1.807, 2.05) is 11.0 Å². The molecule has 0 aliphatic carbocycles. The van der Waals surface area contributed by atoms with E-state index in [4.69, 9.17) is 4.42 Å². The lowest BCUT2D eigenvalue weighted by atomic mass is 9.96. The molecule has 2 unspecified atom stereocenters. The van der Waals surface area contributed by atoms with Crippen molar-refractivity contribution in [2.24, 2.45) is 5.92 Å². The predicted molar refractivity (Wildman–Crippen MR) is 83.3 cm³/mol. The molecule has 0 bridgehead atoms. The summed E-state index contributed by atoms with van der Waals surface area (Å²) in [5.74, 6) is 0.549. The van der Waals surface area contributed by atoms with Crippen LogP contribution >= 0.6 is 0 Å². The average molecular weight is 320 g/mol. The van der Waals surface area contributed by atoms with E-state index in [2.05, 4.69) is 0 Å². The van der Waals surface area contributed by atoms with Crippen molar-refractivity contribution in [3.63, 3.8) is 0 Å². The maximum Gasteiger partial charge on any atom is 0.228 e. The fourth-order valence-corrected chi connectivity index (χ4v) is 3.66. The summed E-state index contributed by atoms with van der Waals surface area (Å²) in [5, 5.41) is 9.20. The van der Waals surface area contributed by atoms with Gasteiger partial charge in [0.2, 0.25) is 11.8 Å². The van der Waals surface area contributed by atoms with Crippen LogP contribution in [0.2, 0.25) is 0 Å². The molecular weight excluding hydrogens is 296 g/mol. The zero-order chi connectivity index (χ0) is 16.2. The van der Waals surface area contributed by atoms with E-state index in [1.165, 1.54) is 0 Å². The monoisotopic (exact) mass is 320 g/mol. The van der Waals surface area contributed by atoms with E-state index in [-0.39, 0.29) is 36.8 Å². The molecule has 0 spiro atoms. The maximum atomic E-state index is 12.8. The lowest BCUT2D eigenvalue weighted by molar-refractivity contribution is -0.139. The van der Waals surface area contributed by atoms with Gasteiger partial charge in [-0.1, -0.05) is 0 Å². The summed E-state index contributed by atoms with van der Waals surface area (Å²) in [6, 6.07) is 3.76. The lowest BCUT2D eigenvalue weighted by Gasteiger charge is -2.37. The van der Waals surface area contributed by atoms with Gasteiger partial charge >= 0.3 is 0 Å². The third kappa shape index (κ3) is 3.58. The zero-order valence-electron chi connectivity index (χ0n) is 13.3. The number of aliphatic hydroxyl groups is 1. The van der Waals surface area contributed by atoms with Crippen LogP contribution in [0.1, 0.15) is 37.9 Å². The number of amides is 2. The third-order valence-corrected chi connectivity index (χ3v) is 4.86. The van der Waals surface area contributed by atoms with Crippen molar-refractivity contribution in [2.45, 2.75) is 44.7 Å². The molecule has 3 rings (SSSR count). The third-order valence-electron chi connectivity index (χ3n) is 4.86. The second kappa shape index (κ2) is 7.17. The molecule has 2 atom stereocenters. The molecule has 0 aromatic carbocycles. The summed E-state index contributed by atoms with van der Waals surface area (Å²) in [4.78, 5) is 28.6. The van der Waals surface area contributed by atoms with E-state index in [0.717, 1.165) is 31.6 Å². The molecule has 6 nitrogen and oxygen atoms in total. The first-order valence-electron chi connectivity index (χ1n) is 8.40. The molecule has 1 N–H and O–H groups in total. The molecule has 126 valence electrons.